The lowest BCUT2D eigenvalue weighted by atomic mass is 9.98. The molecule has 3 aliphatic rings. The first-order valence-corrected chi connectivity index (χ1v) is 8.31. The van der Waals surface area contributed by atoms with Crippen molar-refractivity contribution in [2.45, 2.75) is 38.3 Å². The van der Waals surface area contributed by atoms with Crippen molar-refractivity contribution in [1.82, 2.24) is 19.8 Å². The Morgan fingerprint density at radius 1 is 1.10 bits per heavy atom. The number of piperazine rings is 1. The van der Waals surface area contributed by atoms with Gasteiger partial charge in [0.05, 0.1) is 5.69 Å². The minimum atomic E-state index is 0.736. The van der Waals surface area contributed by atoms with Crippen molar-refractivity contribution in [2.24, 2.45) is 0 Å². The molecule has 2 saturated heterocycles. The highest BCUT2D eigenvalue weighted by atomic mass is 15.3. The lowest BCUT2D eigenvalue weighted by molar-refractivity contribution is 0.133. The van der Waals surface area contributed by atoms with Crippen LogP contribution in [0.3, 0.4) is 0 Å². The van der Waals surface area contributed by atoms with E-state index in [2.05, 4.69) is 31.7 Å². The summed E-state index contributed by atoms with van der Waals surface area (Å²) in [5, 5.41) is 0. The second-order valence-electron chi connectivity index (χ2n) is 6.74. The van der Waals surface area contributed by atoms with E-state index in [-0.39, 0.29) is 0 Å². The van der Waals surface area contributed by atoms with Crippen LogP contribution in [0.2, 0.25) is 0 Å². The maximum atomic E-state index is 4.66. The van der Waals surface area contributed by atoms with Crippen LogP contribution in [-0.2, 0) is 13.0 Å². The third-order valence-corrected chi connectivity index (χ3v) is 5.31. The summed E-state index contributed by atoms with van der Waals surface area (Å²) < 4.78 is 0. The highest BCUT2D eigenvalue weighted by molar-refractivity contribution is 5.50. The summed E-state index contributed by atoms with van der Waals surface area (Å²) in [6.45, 7) is 6.86. The van der Waals surface area contributed by atoms with Gasteiger partial charge in [-0.1, -0.05) is 6.42 Å². The van der Waals surface area contributed by atoms with Crippen molar-refractivity contribution >= 4 is 5.82 Å². The first kappa shape index (κ1) is 13.5. The highest BCUT2D eigenvalue weighted by Crippen LogP contribution is 2.29. The van der Waals surface area contributed by atoms with Gasteiger partial charge in [0.1, 0.15) is 12.1 Å². The standard InChI is InChI=1S/C16H25N5/c1-19-7-5-15-14(11-19)16(18-12-17-15)21-9-8-20-6-3-2-4-13(20)10-21/h12-13H,2-11H2,1H3. The van der Waals surface area contributed by atoms with Crippen LogP contribution in [0.1, 0.15) is 30.5 Å². The van der Waals surface area contributed by atoms with Crippen LogP contribution >= 0.6 is 0 Å². The Bertz CT molecular complexity index is 517. The Hall–Kier alpha value is -1.20. The molecule has 0 amide bonds. The number of rotatable bonds is 1. The molecule has 1 unspecified atom stereocenters. The molecule has 0 bridgehead atoms. The predicted octanol–water partition coefficient (Wildman–Crippen LogP) is 1.14. The third kappa shape index (κ3) is 2.53. The second-order valence-corrected chi connectivity index (χ2v) is 6.74. The molecule has 0 saturated carbocycles. The first-order chi connectivity index (χ1) is 10.3. The molecular formula is C16H25N5. The van der Waals surface area contributed by atoms with Gasteiger partial charge in [0.15, 0.2) is 0 Å². The normalized spacial score (nSPS) is 27.3. The fraction of sp³-hybridized carbons (Fsp3) is 0.750. The topological polar surface area (TPSA) is 35.5 Å². The van der Waals surface area contributed by atoms with Gasteiger partial charge >= 0.3 is 0 Å². The van der Waals surface area contributed by atoms with Gasteiger partial charge < -0.3 is 9.80 Å². The number of piperidine rings is 1. The minimum Gasteiger partial charge on any atom is -0.353 e. The van der Waals surface area contributed by atoms with Crippen molar-refractivity contribution in [2.75, 3.05) is 44.7 Å². The number of aromatic nitrogens is 2. The van der Waals surface area contributed by atoms with Crippen LogP contribution in [0.5, 0.6) is 0 Å². The summed E-state index contributed by atoms with van der Waals surface area (Å²) in [4.78, 5) is 16.8. The van der Waals surface area contributed by atoms with E-state index in [9.17, 15) is 0 Å². The molecule has 5 nitrogen and oxygen atoms in total. The lowest BCUT2D eigenvalue weighted by Crippen LogP contribution is -2.55. The second kappa shape index (κ2) is 5.54. The molecule has 0 spiro atoms. The molecule has 1 aromatic rings. The van der Waals surface area contributed by atoms with E-state index in [1.165, 1.54) is 49.4 Å². The summed E-state index contributed by atoms with van der Waals surface area (Å²) in [5.41, 5.74) is 2.64. The fourth-order valence-corrected chi connectivity index (χ4v) is 4.08. The van der Waals surface area contributed by atoms with Gasteiger partial charge in [0.25, 0.3) is 0 Å². The summed E-state index contributed by atoms with van der Waals surface area (Å²) >= 11 is 0. The quantitative estimate of drug-likeness (QED) is 0.774. The Kier molecular flexibility index (Phi) is 3.55. The number of anilines is 1. The average Bonchev–Trinajstić information content (AvgIpc) is 2.54. The molecule has 4 rings (SSSR count). The van der Waals surface area contributed by atoms with Crippen LogP contribution in [0.15, 0.2) is 6.33 Å². The maximum absolute atomic E-state index is 4.66. The molecule has 1 aromatic heterocycles. The van der Waals surface area contributed by atoms with E-state index >= 15 is 0 Å². The SMILES string of the molecule is CN1CCc2ncnc(N3CCN4CCCCC4C3)c2C1. The van der Waals surface area contributed by atoms with E-state index in [4.69, 9.17) is 0 Å². The van der Waals surface area contributed by atoms with Gasteiger partial charge in [-0.25, -0.2) is 9.97 Å². The molecule has 0 aromatic carbocycles. The smallest absolute Gasteiger partial charge is 0.136 e. The molecular weight excluding hydrogens is 262 g/mol. The van der Waals surface area contributed by atoms with Gasteiger partial charge in [-0.3, -0.25) is 4.90 Å². The van der Waals surface area contributed by atoms with Gasteiger partial charge in [0.2, 0.25) is 0 Å². The van der Waals surface area contributed by atoms with E-state index in [0.717, 1.165) is 38.6 Å². The molecule has 0 N–H and O–H groups in total. The van der Waals surface area contributed by atoms with Crippen molar-refractivity contribution in [3.05, 3.63) is 17.6 Å². The van der Waals surface area contributed by atoms with E-state index < -0.39 is 0 Å². The number of hydrogen-bond donors (Lipinski definition) is 0. The summed E-state index contributed by atoms with van der Waals surface area (Å²) in [7, 11) is 2.19. The zero-order chi connectivity index (χ0) is 14.2. The Morgan fingerprint density at radius 3 is 3.00 bits per heavy atom. The zero-order valence-corrected chi connectivity index (χ0v) is 13.0. The van der Waals surface area contributed by atoms with Crippen LogP contribution < -0.4 is 4.90 Å². The maximum Gasteiger partial charge on any atom is 0.136 e. The van der Waals surface area contributed by atoms with Gasteiger partial charge in [-0.05, 0) is 26.4 Å². The monoisotopic (exact) mass is 287 g/mol. The molecule has 1 atom stereocenters. The minimum absolute atomic E-state index is 0.736. The van der Waals surface area contributed by atoms with E-state index in [1.54, 1.807) is 6.33 Å². The number of hydrogen-bond acceptors (Lipinski definition) is 5. The van der Waals surface area contributed by atoms with Crippen LogP contribution in [0.25, 0.3) is 0 Å². The molecule has 21 heavy (non-hydrogen) atoms. The molecule has 2 fully saturated rings. The molecule has 4 heterocycles. The van der Waals surface area contributed by atoms with Crippen molar-refractivity contribution in [3.8, 4) is 0 Å². The van der Waals surface area contributed by atoms with Crippen molar-refractivity contribution in [1.29, 1.82) is 0 Å². The van der Waals surface area contributed by atoms with Crippen molar-refractivity contribution in [3.63, 3.8) is 0 Å². The summed E-state index contributed by atoms with van der Waals surface area (Å²) in [6, 6.07) is 0.736. The lowest BCUT2D eigenvalue weighted by Gasteiger charge is -2.45. The van der Waals surface area contributed by atoms with Gasteiger partial charge in [-0.2, -0.15) is 0 Å². The molecule has 0 aliphatic carbocycles. The molecule has 5 heteroatoms. The Labute approximate surface area is 127 Å². The Morgan fingerprint density at radius 2 is 2.05 bits per heavy atom. The first-order valence-electron chi connectivity index (χ1n) is 8.31. The van der Waals surface area contributed by atoms with Gasteiger partial charge in [-0.15, -0.1) is 0 Å². The third-order valence-electron chi connectivity index (χ3n) is 5.31. The fourth-order valence-electron chi connectivity index (χ4n) is 4.08. The van der Waals surface area contributed by atoms with Crippen LogP contribution in [0.4, 0.5) is 5.82 Å². The summed E-state index contributed by atoms with van der Waals surface area (Å²) in [6.07, 6.45) is 6.95. The highest BCUT2D eigenvalue weighted by Gasteiger charge is 2.31. The van der Waals surface area contributed by atoms with E-state index in [1.807, 2.05) is 0 Å². The molecule has 114 valence electrons. The van der Waals surface area contributed by atoms with Gasteiger partial charge in [0, 0.05) is 50.7 Å². The Balaban J connectivity index is 1.59. The van der Waals surface area contributed by atoms with Crippen LogP contribution in [-0.4, -0.2) is 65.6 Å². The van der Waals surface area contributed by atoms with Crippen LogP contribution in [0, 0.1) is 0 Å². The zero-order valence-electron chi connectivity index (χ0n) is 13.0. The average molecular weight is 287 g/mol. The predicted molar refractivity (Wildman–Crippen MR) is 83.5 cm³/mol. The largest absolute Gasteiger partial charge is 0.353 e. The van der Waals surface area contributed by atoms with E-state index in [0.29, 0.717) is 0 Å². The summed E-state index contributed by atoms with van der Waals surface area (Å²) in [5.74, 6) is 1.21. The molecule has 0 radical (unpaired) electrons. The number of likely N-dealkylation sites (N-methyl/N-ethyl adjacent to an activating group) is 1. The number of fused-ring (bicyclic) bond motifs is 2. The molecule has 3 aliphatic heterocycles. The number of nitrogens with zero attached hydrogens (tertiary/aromatic N) is 5. The van der Waals surface area contributed by atoms with Crippen molar-refractivity contribution < 1.29 is 0 Å².